The second kappa shape index (κ2) is 9.60. The van der Waals surface area contributed by atoms with E-state index in [1.165, 1.54) is 11.1 Å². The van der Waals surface area contributed by atoms with Crippen LogP contribution in [0.4, 0.5) is 0 Å². The van der Waals surface area contributed by atoms with Crippen molar-refractivity contribution < 1.29 is 10.1 Å². The zero-order chi connectivity index (χ0) is 22.6. The van der Waals surface area contributed by atoms with Crippen molar-refractivity contribution in [2.75, 3.05) is 19.6 Å². The van der Waals surface area contributed by atoms with E-state index >= 15 is 0 Å². The highest BCUT2D eigenvalue weighted by atomic mass is 16.2. The van der Waals surface area contributed by atoms with Gasteiger partial charge in [-0.25, -0.2) is 0 Å². The van der Waals surface area contributed by atoms with E-state index < -0.39 is 0 Å². The molecule has 4 heteroatoms. The summed E-state index contributed by atoms with van der Waals surface area (Å²) >= 11 is 0. The van der Waals surface area contributed by atoms with Gasteiger partial charge in [0.05, 0.1) is 42.6 Å². The Labute approximate surface area is 195 Å². The van der Waals surface area contributed by atoms with Crippen LogP contribution in [0.1, 0.15) is 53.0 Å². The molecule has 2 fully saturated rings. The summed E-state index contributed by atoms with van der Waals surface area (Å²) in [6.45, 7) is 2.40. The van der Waals surface area contributed by atoms with Crippen molar-refractivity contribution in [1.29, 1.82) is 5.26 Å². The predicted molar refractivity (Wildman–Crippen MR) is 128 cm³/mol. The van der Waals surface area contributed by atoms with Crippen molar-refractivity contribution in [3.63, 3.8) is 0 Å². The molecule has 2 aliphatic rings. The summed E-state index contributed by atoms with van der Waals surface area (Å²) in [5.41, 5.74) is 4.28. The van der Waals surface area contributed by atoms with Crippen LogP contribution in [0.5, 0.6) is 0 Å². The van der Waals surface area contributed by atoms with E-state index in [2.05, 4.69) is 70.9 Å². The molecule has 2 N–H and O–H groups in total. The van der Waals surface area contributed by atoms with Gasteiger partial charge >= 0.3 is 0 Å². The minimum Gasteiger partial charge on any atom is -0.345 e. The Kier molecular flexibility index (Phi) is 6.24. The first kappa shape index (κ1) is 21.4. The smallest absolute Gasteiger partial charge is 0.232 e. The first-order chi connectivity index (χ1) is 16.3. The largest absolute Gasteiger partial charge is 0.345 e. The summed E-state index contributed by atoms with van der Waals surface area (Å²) in [6.07, 6.45) is 1.92. The number of benzene rings is 3. The Morgan fingerprint density at radius 3 is 2.27 bits per heavy atom. The quantitative estimate of drug-likeness (QED) is 0.672. The van der Waals surface area contributed by atoms with E-state index in [1.54, 1.807) is 0 Å². The van der Waals surface area contributed by atoms with E-state index in [9.17, 15) is 10.1 Å². The summed E-state index contributed by atoms with van der Waals surface area (Å²) in [4.78, 5) is 16.2. The SMILES string of the molecule is N#Cc1ccccc1[C@@H]1C[NH2+]C[C@H]1C(=O)N1CC[C@H](c2ccccc2)C[C@@H]1c1ccccc1. The Balaban J connectivity index is 1.44. The van der Waals surface area contributed by atoms with E-state index in [1.807, 2.05) is 30.3 Å². The highest BCUT2D eigenvalue weighted by Gasteiger charge is 2.43. The molecule has 33 heavy (non-hydrogen) atoms. The molecule has 5 rings (SSSR count). The van der Waals surface area contributed by atoms with Gasteiger partial charge in [0.2, 0.25) is 5.91 Å². The van der Waals surface area contributed by atoms with E-state index in [-0.39, 0.29) is 23.8 Å². The maximum atomic E-state index is 14.0. The van der Waals surface area contributed by atoms with Crippen LogP contribution >= 0.6 is 0 Å². The average molecular weight is 437 g/mol. The number of hydrogen-bond acceptors (Lipinski definition) is 2. The molecule has 0 spiro atoms. The standard InChI is InChI=1S/C29H29N3O/c30-18-24-13-7-8-14-25(24)26-19-31-20-27(26)29(33)32-16-15-23(21-9-3-1-4-10-21)17-28(32)22-11-5-2-6-12-22/h1-14,23,26-28,31H,15-17,19-20H2/p+1/t23-,26-,27+,28+/m0/s1. The van der Waals surface area contributed by atoms with Crippen LogP contribution in [0, 0.1) is 17.2 Å². The third kappa shape index (κ3) is 4.29. The Morgan fingerprint density at radius 1 is 0.879 bits per heavy atom. The van der Waals surface area contributed by atoms with Gasteiger partial charge in [-0.2, -0.15) is 5.26 Å². The van der Waals surface area contributed by atoms with Gasteiger partial charge in [-0.1, -0.05) is 78.9 Å². The second-order valence-electron chi connectivity index (χ2n) is 9.26. The molecule has 2 aliphatic heterocycles. The second-order valence-corrected chi connectivity index (χ2v) is 9.26. The highest BCUT2D eigenvalue weighted by molar-refractivity contribution is 5.81. The number of likely N-dealkylation sites (tertiary alicyclic amines) is 1. The molecule has 4 atom stereocenters. The van der Waals surface area contributed by atoms with Crippen LogP contribution in [0.15, 0.2) is 84.9 Å². The zero-order valence-corrected chi connectivity index (χ0v) is 18.8. The average Bonchev–Trinajstić information content (AvgIpc) is 3.39. The Hall–Kier alpha value is -3.42. The molecule has 0 unspecified atom stereocenters. The minimum atomic E-state index is -0.0982. The summed E-state index contributed by atoms with van der Waals surface area (Å²) < 4.78 is 0. The fourth-order valence-corrected chi connectivity index (χ4v) is 5.78. The van der Waals surface area contributed by atoms with Crippen LogP contribution in [0.25, 0.3) is 0 Å². The molecule has 3 aromatic carbocycles. The molecular weight excluding hydrogens is 406 g/mol. The number of amides is 1. The fourth-order valence-electron chi connectivity index (χ4n) is 5.78. The molecule has 0 radical (unpaired) electrons. The molecule has 0 aromatic heterocycles. The number of nitrogens with zero attached hydrogens (tertiary/aromatic N) is 2. The van der Waals surface area contributed by atoms with Crippen molar-refractivity contribution in [2.24, 2.45) is 5.92 Å². The molecule has 166 valence electrons. The summed E-state index contributed by atoms with van der Waals surface area (Å²) in [5.74, 6) is 0.670. The lowest BCUT2D eigenvalue weighted by molar-refractivity contribution is -0.638. The summed E-state index contributed by atoms with van der Waals surface area (Å²) in [5, 5.41) is 11.9. The molecule has 0 saturated carbocycles. The maximum Gasteiger partial charge on any atom is 0.232 e. The molecule has 2 heterocycles. The van der Waals surface area contributed by atoms with Crippen LogP contribution in [-0.2, 0) is 4.79 Å². The lowest BCUT2D eigenvalue weighted by Crippen LogP contribution is -2.81. The van der Waals surface area contributed by atoms with E-state index in [0.717, 1.165) is 38.0 Å². The van der Waals surface area contributed by atoms with Crippen molar-refractivity contribution in [3.05, 3.63) is 107 Å². The molecular formula is C29H30N3O+. The van der Waals surface area contributed by atoms with Gasteiger partial charge in [0.25, 0.3) is 0 Å². The zero-order valence-electron chi connectivity index (χ0n) is 18.8. The molecule has 0 aliphatic carbocycles. The maximum absolute atomic E-state index is 14.0. The third-order valence-electron chi connectivity index (χ3n) is 7.47. The lowest BCUT2D eigenvalue weighted by atomic mass is 9.80. The lowest BCUT2D eigenvalue weighted by Gasteiger charge is -2.41. The van der Waals surface area contributed by atoms with Crippen molar-refractivity contribution in [3.8, 4) is 6.07 Å². The number of nitriles is 1. The molecule has 1 amide bonds. The van der Waals surface area contributed by atoms with Crippen LogP contribution in [0.3, 0.4) is 0 Å². The van der Waals surface area contributed by atoms with Crippen LogP contribution < -0.4 is 5.32 Å². The molecule has 3 aromatic rings. The van der Waals surface area contributed by atoms with Crippen molar-refractivity contribution in [1.82, 2.24) is 4.90 Å². The summed E-state index contributed by atoms with van der Waals surface area (Å²) in [7, 11) is 0. The van der Waals surface area contributed by atoms with E-state index in [0.29, 0.717) is 11.5 Å². The number of nitrogens with two attached hydrogens (primary N) is 1. The predicted octanol–water partition coefficient (Wildman–Crippen LogP) is 3.98. The first-order valence-corrected chi connectivity index (χ1v) is 12.0. The number of quaternary nitrogens is 1. The first-order valence-electron chi connectivity index (χ1n) is 12.0. The van der Waals surface area contributed by atoms with E-state index in [4.69, 9.17) is 0 Å². The Morgan fingerprint density at radius 2 is 1.55 bits per heavy atom. The van der Waals surface area contributed by atoms with Gasteiger partial charge in [0.1, 0.15) is 0 Å². The minimum absolute atomic E-state index is 0.0742. The molecule has 2 saturated heterocycles. The third-order valence-corrected chi connectivity index (χ3v) is 7.47. The Bertz CT molecular complexity index is 1140. The van der Waals surface area contributed by atoms with Gasteiger partial charge in [-0.15, -0.1) is 0 Å². The van der Waals surface area contributed by atoms with Crippen molar-refractivity contribution in [2.45, 2.75) is 30.7 Å². The number of carbonyl (C=O) groups excluding carboxylic acids is 1. The van der Waals surface area contributed by atoms with Gasteiger partial charge in [-0.3, -0.25) is 4.79 Å². The van der Waals surface area contributed by atoms with Crippen LogP contribution in [0.2, 0.25) is 0 Å². The van der Waals surface area contributed by atoms with Crippen molar-refractivity contribution >= 4 is 5.91 Å². The number of hydrogen-bond donors (Lipinski definition) is 1. The highest BCUT2D eigenvalue weighted by Crippen LogP contribution is 2.41. The number of rotatable bonds is 4. The molecule has 0 bridgehead atoms. The van der Waals surface area contributed by atoms with Gasteiger partial charge < -0.3 is 10.2 Å². The van der Waals surface area contributed by atoms with Gasteiger partial charge in [0, 0.05) is 6.54 Å². The fraction of sp³-hybridized carbons (Fsp3) is 0.310. The number of carbonyl (C=O) groups is 1. The molecule has 4 nitrogen and oxygen atoms in total. The number of piperidine rings is 1. The van der Waals surface area contributed by atoms with Crippen LogP contribution in [-0.4, -0.2) is 30.4 Å². The normalized spacial score (nSPS) is 24.9. The van der Waals surface area contributed by atoms with Gasteiger partial charge in [0.15, 0.2) is 0 Å². The monoisotopic (exact) mass is 436 g/mol. The summed E-state index contributed by atoms with van der Waals surface area (Å²) in [6, 6.07) is 31.4. The van der Waals surface area contributed by atoms with Gasteiger partial charge in [-0.05, 0) is 41.5 Å². The topological polar surface area (TPSA) is 60.7 Å².